The van der Waals surface area contributed by atoms with Crippen LogP contribution in [0.15, 0.2) is 35.6 Å². The fourth-order valence-electron chi connectivity index (χ4n) is 2.77. The monoisotopic (exact) mass is 402 g/mol. The summed E-state index contributed by atoms with van der Waals surface area (Å²) in [6.45, 7) is 0.929. The minimum Gasteiger partial charge on any atom is -0.348 e. The summed E-state index contributed by atoms with van der Waals surface area (Å²) in [7, 11) is -4.01. The van der Waals surface area contributed by atoms with Gasteiger partial charge in [-0.2, -0.15) is 0 Å². The zero-order chi connectivity index (χ0) is 18.0. The Morgan fingerprint density at radius 1 is 1.24 bits per heavy atom. The molecule has 2 heterocycles. The van der Waals surface area contributed by atoms with Gasteiger partial charge in [0.25, 0.3) is 10.0 Å². The lowest BCUT2D eigenvalue weighted by Crippen LogP contribution is -2.46. The smallest absolute Gasteiger partial charge is 0.331 e. The Morgan fingerprint density at radius 3 is 2.56 bits per heavy atom. The average Bonchev–Trinajstić information content (AvgIpc) is 3.11. The lowest BCUT2D eigenvalue weighted by Gasteiger charge is -2.31. The van der Waals surface area contributed by atoms with Crippen molar-refractivity contribution in [2.75, 3.05) is 13.1 Å². The highest BCUT2D eigenvalue weighted by molar-refractivity contribution is 7.90. The third-order valence-electron chi connectivity index (χ3n) is 4.16. The van der Waals surface area contributed by atoms with Crippen molar-refractivity contribution >= 4 is 39.3 Å². The number of amides is 2. The molecule has 0 aliphatic carbocycles. The molecule has 25 heavy (non-hydrogen) atoms. The predicted octanol–water partition coefficient (Wildman–Crippen LogP) is 2.99. The van der Waals surface area contributed by atoms with Crippen LogP contribution in [0.2, 0.25) is 10.0 Å². The second-order valence-electron chi connectivity index (χ2n) is 5.75. The summed E-state index contributed by atoms with van der Waals surface area (Å²) in [5.41, 5.74) is 1.03. The molecule has 1 aliphatic heterocycles. The molecule has 3 rings (SSSR count). The molecule has 7 nitrogen and oxygen atoms in total. The quantitative estimate of drug-likeness (QED) is 0.824. The number of rotatable bonds is 3. The van der Waals surface area contributed by atoms with Crippen molar-refractivity contribution in [3.63, 3.8) is 0 Å². The average molecular weight is 403 g/mol. The number of nitrogens with one attached hydrogen (secondary N) is 2. The third kappa shape index (κ3) is 4.08. The summed E-state index contributed by atoms with van der Waals surface area (Å²) in [6.07, 6.45) is 4.87. The number of aromatic amines is 1. The van der Waals surface area contributed by atoms with E-state index in [2.05, 4.69) is 14.7 Å². The maximum Gasteiger partial charge on any atom is 0.331 e. The summed E-state index contributed by atoms with van der Waals surface area (Å²) in [6, 6.07) is 3.24. The van der Waals surface area contributed by atoms with Crippen LogP contribution in [0.3, 0.4) is 0 Å². The van der Waals surface area contributed by atoms with Crippen molar-refractivity contribution in [3.05, 3.63) is 46.5 Å². The fraction of sp³-hybridized carbons (Fsp3) is 0.333. The second kappa shape index (κ2) is 7.23. The normalized spacial score (nSPS) is 16.0. The van der Waals surface area contributed by atoms with E-state index >= 15 is 0 Å². The topological polar surface area (TPSA) is 95.2 Å². The highest BCUT2D eigenvalue weighted by Crippen LogP contribution is 2.27. The number of sulfonamides is 1. The second-order valence-corrected chi connectivity index (χ2v) is 8.25. The molecule has 2 amide bonds. The van der Waals surface area contributed by atoms with Crippen LogP contribution in [-0.4, -0.2) is 42.4 Å². The van der Waals surface area contributed by atoms with Gasteiger partial charge in [0.1, 0.15) is 0 Å². The minimum atomic E-state index is -4.01. The Kier molecular flexibility index (Phi) is 5.21. The van der Waals surface area contributed by atoms with E-state index in [-0.39, 0.29) is 14.9 Å². The Balaban J connectivity index is 1.63. The standard InChI is InChI=1S/C15H16Cl2N4O3S/c16-12-2-1-11(7-13(12)17)25(23,24)20-15(22)21-5-3-10(4-6-21)14-8-18-9-19-14/h1-2,7-10H,3-6H2,(H,18,19)(H,20,22). The van der Waals surface area contributed by atoms with Gasteiger partial charge in [-0.15, -0.1) is 0 Å². The van der Waals surface area contributed by atoms with Crippen molar-refractivity contribution in [1.29, 1.82) is 0 Å². The first-order valence-corrected chi connectivity index (χ1v) is 9.86. The summed E-state index contributed by atoms with van der Waals surface area (Å²) in [5, 5.41) is 0.352. The zero-order valence-corrected chi connectivity index (χ0v) is 15.4. The number of halogens is 2. The number of carbonyl (C=O) groups is 1. The van der Waals surface area contributed by atoms with E-state index in [9.17, 15) is 13.2 Å². The molecule has 0 spiro atoms. The van der Waals surface area contributed by atoms with Crippen molar-refractivity contribution in [1.82, 2.24) is 19.6 Å². The number of imidazole rings is 1. The van der Waals surface area contributed by atoms with Crippen molar-refractivity contribution in [2.24, 2.45) is 0 Å². The number of nitrogens with zero attached hydrogens (tertiary/aromatic N) is 2. The molecular formula is C15H16Cl2N4O3S. The van der Waals surface area contributed by atoms with Crippen molar-refractivity contribution in [2.45, 2.75) is 23.7 Å². The van der Waals surface area contributed by atoms with Crippen LogP contribution in [0.1, 0.15) is 24.5 Å². The first-order chi connectivity index (χ1) is 11.9. The van der Waals surface area contributed by atoms with Gasteiger partial charge in [0.2, 0.25) is 0 Å². The lowest BCUT2D eigenvalue weighted by molar-refractivity contribution is 0.186. The summed E-state index contributed by atoms with van der Waals surface area (Å²) < 4.78 is 26.7. The summed E-state index contributed by atoms with van der Waals surface area (Å²) >= 11 is 11.6. The molecule has 10 heteroatoms. The van der Waals surface area contributed by atoms with Crippen LogP contribution >= 0.6 is 23.2 Å². The first kappa shape index (κ1) is 18.0. The molecule has 0 unspecified atom stereocenters. The molecule has 134 valence electrons. The third-order valence-corrected chi connectivity index (χ3v) is 6.22. The van der Waals surface area contributed by atoms with Crippen LogP contribution in [-0.2, 0) is 10.0 Å². The number of H-pyrrole nitrogens is 1. The Hall–Kier alpha value is -1.77. The fourth-order valence-corrected chi connectivity index (χ4v) is 4.13. The van der Waals surface area contributed by atoms with Gasteiger partial charge in [-0.05, 0) is 31.0 Å². The Labute approximate surface area is 155 Å². The zero-order valence-electron chi connectivity index (χ0n) is 13.1. The number of hydrogen-bond donors (Lipinski definition) is 2. The number of aromatic nitrogens is 2. The van der Waals surface area contributed by atoms with Gasteiger partial charge >= 0.3 is 6.03 Å². The molecule has 0 saturated carbocycles. The van der Waals surface area contributed by atoms with E-state index < -0.39 is 16.1 Å². The van der Waals surface area contributed by atoms with Crippen molar-refractivity contribution < 1.29 is 13.2 Å². The van der Waals surface area contributed by atoms with Crippen molar-refractivity contribution in [3.8, 4) is 0 Å². The highest BCUT2D eigenvalue weighted by atomic mass is 35.5. The number of urea groups is 1. The maximum absolute atomic E-state index is 12.3. The van der Waals surface area contributed by atoms with Gasteiger partial charge in [0, 0.05) is 30.9 Å². The molecule has 2 aromatic rings. The number of benzene rings is 1. The van der Waals surface area contributed by atoms with E-state index in [4.69, 9.17) is 23.2 Å². The van der Waals surface area contributed by atoms with Gasteiger partial charge in [-0.25, -0.2) is 22.9 Å². The first-order valence-electron chi connectivity index (χ1n) is 7.62. The van der Waals surface area contributed by atoms with E-state index in [1.54, 1.807) is 12.5 Å². The number of likely N-dealkylation sites (tertiary alicyclic amines) is 1. The Morgan fingerprint density at radius 2 is 1.96 bits per heavy atom. The molecule has 0 atom stereocenters. The lowest BCUT2D eigenvalue weighted by atomic mass is 9.94. The van der Waals surface area contributed by atoms with Crippen LogP contribution in [0.4, 0.5) is 4.79 Å². The largest absolute Gasteiger partial charge is 0.348 e. The van der Waals surface area contributed by atoms with Crippen LogP contribution in [0.25, 0.3) is 0 Å². The van der Waals surface area contributed by atoms with Gasteiger partial charge in [-0.3, -0.25) is 0 Å². The van der Waals surface area contributed by atoms with E-state index in [0.717, 1.165) is 18.5 Å². The van der Waals surface area contributed by atoms with Gasteiger partial charge in [0.15, 0.2) is 0 Å². The number of hydrogen-bond acceptors (Lipinski definition) is 4. The number of piperidine rings is 1. The molecule has 2 N–H and O–H groups in total. The van der Waals surface area contributed by atoms with Gasteiger partial charge in [0.05, 0.1) is 21.3 Å². The van der Waals surface area contributed by atoms with Crippen LogP contribution in [0.5, 0.6) is 0 Å². The van der Waals surface area contributed by atoms with Crippen LogP contribution < -0.4 is 4.72 Å². The van der Waals surface area contributed by atoms with Gasteiger partial charge in [-0.1, -0.05) is 23.2 Å². The molecular weight excluding hydrogens is 387 g/mol. The molecule has 0 bridgehead atoms. The molecule has 1 saturated heterocycles. The highest BCUT2D eigenvalue weighted by Gasteiger charge is 2.27. The molecule has 1 fully saturated rings. The van der Waals surface area contributed by atoms with E-state index in [0.29, 0.717) is 19.0 Å². The van der Waals surface area contributed by atoms with Gasteiger partial charge < -0.3 is 9.88 Å². The molecule has 1 aromatic heterocycles. The Bertz CT molecular complexity index is 863. The summed E-state index contributed by atoms with van der Waals surface area (Å²) in [5.74, 6) is 0.290. The molecule has 1 aromatic carbocycles. The van der Waals surface area contributed by atoms with E-state index in [1.807, 2.05) is 0 Å². The maximum atomic E-state index is 12.3. The molecule has 1 aliphatic rings. The summed E-state index contributed by atoms with van der Waals surface area (Å²) in [4.78, 5) is 20.7. The minimum absolute atomic E-state index is 0.109. The SMILES string of the molecule is O=C(NS(=O)(=O)c1ccc(Cl)c(Cl)c1)N1CCC(c2cnc[nH]2)CC1. The predicted molar refractivity (Wildman–Crippen MR) is 94.3 cm³/mol. The van der Waals surface area contributed by atoms with Crippen LogP contribution in [0, 0.1) is 0 Å². The molecule has 0 radical (unpaired) electrons. The van der Waals surface area contributed by atoms with E-state index in [1.165, 1.54) is 23.1 Å². The number of carbonyl (C=O) groups excluding carboxylic acids is 1.